The van der Waals surface area contributed by atoms with Crippen LogP contribution in [0.5, 0.6) is 0 Å². The molecule has 0 atom stereocenters. The summed E-state index contributed by atoms with van der Waals surface area (Å²) < 4.78 is 1.95. The molecule has 2 aromatic rings. The van der Waals surface area contributed by atoms with Crippen molar-refractivity contribution in [1.82, 2.24) is 9.78 Å². The van der Waals surface area contributed by atoms with Crippen LogP contribution >= 0.6 is 0 Å². The molecule has 0 bridgehead atoms. The van der Waals surface area contributed by atoms with Gasteiger partial charge in [-0.2, -0.15) is 5.10 Å². The van der Waals surface area contributed by atoms with Gasteiger partial charge in [-0.15, -0.1) is 0 Å². The molecule has 0 aliphatic carbocycles. The number of aryl methyl sites for hydroxylation is 1. The fourth-order valence-corrected chi connectivity index (χ4v) is 2.23. The summed E-state index contributed by atoms with van der Waals surface area (Å²) in [5.41, 5.74) is 4.13. The third kappa shape index (κ3) is 1.73. The van der Waals surface area contributed by atoms with Gasteiger partial charge in [-0.05, 0) is 35.1 Å². The minimum absolute atomic E-state index is 0.566. The smallest absolute Gasteiger partial charge is 0.0682 e. The summed E-state index contributed by atoms with van der Waals surface area (Å²) in [5, 5.41) is 5.56. The summed E-state index contributed by atoms with van der Waals surface area (Å²) in [6.45, 7) is 9.01. The molecule has 2 nitrogen and oxygen atoms in total. The third-order valence-corrected chi connectivity index (χ3v) is 3.20. The second-order valence-electron chi connectivity index (χ2n) is 5.12. The summed E-state index contributed by atoms with van der Waals surface area (Å²) >= 11 is 0. The van der Waals surface area contributed by atoms with E-state index in [-0.39, 0.29) is 0 Å². The maximum atomic E-state index is 4.31. The van der Waals surface area contributed by atoms with Gasteiger partial charge in [0.15, 0.2) is 0 Å². The molecule has 0 aliphatic heterocycles. The summed E-state index contributed by atoms with van der Waals surface area (Å²) in [4.78, 5) is 0. The zero-order valence-electron chi connectivity index (χ0n) is 10.8. The predicted molar refractivity (Wildman–Crippen MR) is 68.9 cm³/mol. The molecule has 0 fully saturated rings. The average molecular weight is 216 g/mol. The van der Waals surface area contributed by atoms with Crippen LogP contribution in [0.3, 0.4) is 0 Å². The lowest BCUT2D eigenvalue weighted by molar-refractivity contribution is 0.781. The minimum atomic E-state index is 0.566. The van der Waals surface area contributed by atoms with Gasteiger partial charge in [-0.3, -0.25) is 4.68 Å². The van der Waals surface area contributed by atoms with Crippen LogP contribution in [-0.2, 0) is 7.05 Å². The minimum Gasteiger partial charge on any atom is -0.268 e. The largest absolute Gasteiger partial charge is 0.268 e. The van der Waals surface area contributed by atoms with Crippen LogP contribution in [0.4, 0.5) is 0 Å². The van der Waals surface area contributed by atoms with E-state index in [1.165, 1.54) is 22.0 Å². The molecule has 0 saturated heterocycles. The quantitative estimate of drug-likeness (QED) is 0.746. The number of hydrogen-bond donors (Lipinski definition) is 0. The fraction of sp³-hybridized carbons (Fsp3) is 0.500. The molecule has 16 heavy (non-hydrogen) atoms. The number of aromatic nitrogens is 2. The van der Waals surface area contributed by atoms with Gasteiger partial charge in [0.25, 0.3) is 0 Å². The van der Waals surface area contributed by atoms with Gasteiger partial charge in [0.05, 0.1) is 11.7 Å². The van der Waals surface area contributed by atoms with Crippen molar-refractivity contribution >= 4 is 10.9 Å². The monoisotopic (exact) mass is 216 g/mol. The zero-order valence-corrected chi connectivity index (χ0v) is 10.8. The van der Waals surface area contributed by atoms with Gasteiger partial charge in [-0.1, -0.05) is 27.7 Å². The van der Waals surface area contributed by atoms with Crippen LogP contribution in [-0.4, -0.2) is 9.78 Å². The standard InChI is InChI=1S/C14H20N2/c1-9(2)12-6-11-8-15-16(5)14(11)7-13(12)10(3)4/h6-10H,1-5H3. The molecular weight excluding hydrogens is 196 g/mol. The molecule has 1 aromatic heterocycles. The number of nitrogens with zero attached hydrogens (tertiary/aromatic N) is 2. The van der Waals surface area contributed by atoms with E-state index in [2.05, 4.69) is 44.9 Å². The molecule has 0 aliphatic rings. The second kappa shape index (κ2) is 3.93. The van der Waals surface area contributed by atoms with Gasteiger partial charge in [0.2, 0.25) is 0 Å². The summed E-state index contributed by atoms with van der Waals surface area (Å²) in [6, 6.07) is 4.59. The van der Waals surface area contributed by atoms with Crippen LogP contribution in [0.2, 0.25) is 0 Å². The van der Waals surface area contributed by atoms with Crippen molar-refractivity contribution in [2.45, 2.75) is 39.5 Å². The lowest BCUT2D eigenvalue weighted by Crippen LogP contribution is -1.99. The number of rotatable bonds is 2. The van der Waals surface area contributed by atoms with Gasteiger partial charge in [0, 0.05) is 12.4 Å². The maximum Gasteiger partial charge on any atom is 0.0682 e. The first kappa shape index (κ1) is 11.2. The molecule has 1 aromatic carbocycles. The molecule has 2 heteroatoms. The summed E-state index contributed by atoms with van der Waals surface area (Å²) in [6.07, 6.45) is 1.95. The Labute approximate surface area is 97.3 Å². The van der Waals surface area contributed by atoms with Crippen LogP contribution in [0.25, 0.3) is 10.9 Å². The highest BCUT2D eigenvalue weighted by molar-refractivity contribution is 5.80. The van der Waals surface area contributed by atoms with Crippen molar-refractivity contribution < 1.29 is 0 Å². The van der Waals surface area contributed by atoms with E-state index in [1.807, 2.05) is 17.9 Å². The number of fused-ring (bicyclic) bond motifs is 1. The van der Waals surface area contributed by atoms with Crippen molar-refractivity contribution in [3.8, 4) is 0 Å². The Morgan fingerprint density at radius 2 is 1.56 bits per heavy atom. The Hall–Kier alpha value is -1.31. The molecule has 2 rings (SSSR count). The molecule has 0 N–H and O–H groups in total. The lowest BCUT2D eigenvalue weighted by Gasteiger charge is -2.16. The van der Waals surface area contributed by atoms with Crippen LogP contribution in [0.1, 0.15) is 50.7 Å². The van der Waals surface area contributed by atoms with Gasteiger partial charge < -0.3 is 0 Å². The Kier molecular flexibility index (Phi) is 2.75. The van der Waals surface area contributed by atoms with E-state index in [4.69, 9.17) is 0 Å². The van der Waals surface area contributed by atoms with Gasteiger partial charge >= 0.3 is 0 Å². The van der Waals surface area contributed by atoms with Gasteiger partial charge in [-0.25, -0.2) is 0 Å². The molecule has 0 spiro atoms. The lowest BCUT2D eigenvalue weighted by atomic mass is 9.89. The average Bonchev–Trinajstić information content (AvgIpc) is 2.58. The maximum absolute atomic E-state index is 4.31. The molecule has 0 amide bonds. The molecule has 0 radical (unpaired) electrons. The summed E-state index contributed by atoms with van der Waals surface area (Å²) in [7, 11) is 2.00. The van der Waals surface area contributed by atoms with Crippen LogP contribution < -0.4 is 0 Å². The first-order valence-electron chi connectivity index (χ1n) is 5.96. The number of hydrogen-bond acceptors (Lipinski definition) is 1. The molecule has 0 saturated carbocycles. The second-order valence-corrected chi connectivity index (χ2v) is 5.12. The van der Waals surface area contributed by atoms with E-state index in [9.17, 15) is 0 Å². The first-order valence-corrected chi connectivity index (χ1v) is 5.96. The van der Waals surface area contributed by atoms with Crippen molar-refractivity contribution in [2.24, 2.45) is 7.05 Å². The normalized spacial score (nSPS) is 11.9. The third-order valence-electron chi connectivity index (χ3n) is 3.20. The predicted octanol–water partition coefficient (Wildman–Crippen LogP) is 3.82. The van der Waals surface area contributed by atoms with Crippen molar-refractivity contribution in [2.75, 3.05) is 0 Å². The highest BCUT2D eigenvalue weighted by Gasteiger charge is 2.12. The van der Waals surface area contributed by atoms with Crippen LogP contribution in [0, 0.1) is 0 Å². The highest BCUT2D eigenvalue weighted by atomic mass is 15.2. The van der Waals surface area contributed by atoms with Crippen LogP contribution in [0.15, 0.2) is 18.3 Å². The van der Waals surface area contributed by atoms with E-state index in [0.717, 1.165) is 0 Å². The first-order chi connectivity index (χ1) is 7.50. The SMILES string of the molecule is CC(C)c1cc2cnn(C)c2cc1C(C)C. The zero-order chi connectivity index (χ0) is 11.9. The fourth-order valence-electron chi connectivity index (χ4n) is 2.23. The molecule has 0 unspecified atom stereocenters. The van der Waals surface area contributed by atoms with E-state index >= 15 is 0 Å². The molecular formula is C14H20N2. The Morgan fingerprint density at radius 3 is 2.12 bits per heavy atom. The van der Waals surface area contributed by atoms with Crippen molar-refractivity contribution in [3.05, 3.63) is 29.5 Å². The Balaban J connectivity index is 2.73. The topological polar surface area (TPSA) is 17.8 Å². The van der Waals surface area contributed by atoms with E-state index in [1.54, 1.807) is 0 Å². The van der Waals surface area contributed by atoms with E-state index < -0.39 is 0 Å². The number of benzene rings is 1. The highest BCUT2D eigenvalue weighted by Crippen LogP contribution is 2.30. The van der Waals surface area contributed by atoms with Gasteiger partial charge in [0.1, 0.15) is 0 Å². The molecule has 86 valence electrons. The Bertz CT molecular complexity index is 507. The van der Waals surface area contributed by atoms with E-state index in [0.29, 0.717) is 11.8 Å². The Morgan fingerprint density at radius 1 is 1.00 bits per heavy atom. The molecule has 1 heterocycles. The van der Waals surface area contributed by atoms with Crippen molar-refractivity contribution in [1.29, 1.82) is 0 Å². The summed E-state index contributed by atoms with van der Waals surface area (Å²) in [5.74, 6) is 1.14. The van der Waals surface area contributed by atoms with Crippen molar-refractivity contribution in [3.63, 3.8) is 0 Å².